The molecule has 29 heavy (non-hydrogen) atoms. The number of Topliss-reactive ketones (excluding diaryl/α,β-unsaturated/α-hetero) is 2. The summed E-state index contributed by atoms with van der Waals surface area (Å²) in [5, 5.41) is 3.43. The summed E-state index contributed by atoms with van der Waals surface area (Å²) < 4.78 is 5.43. The number of rotatable bonds is 8. The fourth-order valence-electron chi connectivity index (χ4n) is 4.47. The van der Waals surface area contributed by atoms with E-state index < -0.39 is 0 Å². The maximum atomic E-state index is 13.4. The molecule has 1 saturated carbocycles. The SMILES string of the molecule is C/C=C\C(C(=O)c1ccccc1C(=O)CNC1CCC[C@@H](C)C1)N1CCOCC1. The second-order valence-corrected chi connectivity index (χ2v) is 8.30. The lowest BCUT2D eigenvalue weighted by Gasteiger charge is -2.32. The van der Waals surface area contributed by atoms with Crippen molar-refractivity contribution in [3.8, 4) is 0 Å². The van der Waals surface area contributed by atoms with Crippen LogP contribution in [0.3, 0.4) is 0 Å². The Morgan fingerprint density at radius 1 is 1.21 bits per heavy atom. The minimum atomic E-state index is -0.356. The molecule has 1 heterocycles. The number of hydrogen-bond acceptors (Lipinski definition) is 5. The molecule has 5 nitrogen and oxygen atoms in total. The van der Waals surface area contributed by atoms with Gasteiger partial charge in [0.2, 0.25) is 0 Å². The number of hydrogen-bond donors (Lipinski definition) is 1. The average Bonchev–Trinajstić information content (AvgIpc) is 2.76. The smallest absolute Gasteiger partial charge is 0.184 e. The quantitative estimate of drug-likeness (QED) is 0.537. The molecule has 5 heteroatoms. The first kappa shape index (κ1) is 21.9. The lowest BCUT2D eigenvalue weighted by atomic mass is 9.87. The van der Waals surface area contributed by atoms with Crippen molar-refractivity contribution in [1.29, 1.82) is 0 Å². The maximum absolute atomic E-state index is 13.4. The molecule has 1 aliphatic carbocycles. The first-order valence-corrected chi connectivity index (χ1v) is 10.9. The Balaban J connectivity index is 1.72. The van der Waals surface area contributed by atoms with Gasteiger partial charge < -0.3 is 10.1 Å². The van der Waals surface area contributed by atoms with E-state index in [9.17, 15) is 9.59 Å². The molecule has 2 fully saturated rings. The summed E-state index contributed by atoms with van der Waals surface area (Å²) in [6.07, 6.45) is 8.57. The second-order valence-electron chi connectivity index (χ2n) is 8.30. The number of allylic oxidation sites excluding steroid dienone is 1. The first-order chi connectivity index (χ1) is 14.1. The van der Waals surface area contributed by atoms with E-state index in [-0.39, 0.29) is 24.2 Å². The van der Waals surface area contributed by atoms with Crippen LogP contribution in [0.2, 0.25) is 0 Å². The third-order valence-electron chi connectivity index (χ3n) is 6.06. The van der Waals surface area contributed by atoms with Gasteiger partial charge in [-0.1, -0.05) is 56.2 Å². The standard InChI is InChI=1S/C24H34N2O3/c1-3-7-22(26-12-14-29-15-13-26)24(28)21-11-5-4-10-20(21)23(27)17-25-19-9-6-8-18(2)16-19/h3-5,7,10-11,18-19,22,25H,6,8-9,12-17H2,1-2H3/b7-3-/t18-,19?,22?/m1/s1. The van der Waals surface area contributed by atoms with E-state index in [0.29, 0.717) is 36.3 Å². The summed E-state index contributed by atoms with van der Waals surface area (Å²) >= 11 is 0. The molecule has 0 bridgehead atoms. The lowest BCUT2D eigenvalue weighted by molar-refractivity contribution is 0.0255. The Kier molecular flexibility index (Phi) is 8.16. The van der Waals surface area contributed by atoms with Gasteiger partial charge in [0.15, 0.2) is 11.6 Å². The van der Waals surface area contributed by atoms with Crippen LogP contribution in [-0.4, -0.2) is 61.4 Å². The fourth-order valence-corrected chi connectivity index (χ4v) is 4.47. The average molecular weight is 399 g/mol. The van der Waals surface area contributed by atoms with E-state index in [1.807, 2.05) is 31.2 Å². The summed E-state index contributed by atoms with van der Waals surface area (Å²) in [6, 6.07) is 7.29. The largest absolute Gasteiger partial charge is 0.379 e. The van der Waals surface area contributed by atoms with E-state index in [0.717, 1.165) is 25.9 Å². The zero-order valence-corrected chi connectivity index (χ0v) is 17.7. The van der Waals surface area contributed by atoms with Crippen molar-refractivity contribution < 1.29 is 14.3 Å². The van der Waals surface area contributed by atoms with Crippen LogP contribution in [-0.2, 0) is 4.74 Å². The highest BCUT2D eigenvalue weighted by atomic mass is 16.5. The zero-order chi connectivity index (χ0) is 20.6. The summed E-state index contributed by atoms with van der Waals surface area (Å²) in [5.74, 6) is 0.689. The van der Waals surface area contributed by atoms with Gasteiger partial charge in [-0.05, 0) is 25.7 Å². The summed E-state index contributed by atoms with van der Waals surface area (Å²) in [7, 11) is 0. The molecule has 0 aromatic heterocycles. The Morgan fingerprint density at radius 2 is 1.93 bits per heavy atom. The molecule has 1 aromatic carbocycles. The van der Waals surface area contributed by atoms with Crippen molar-refractivity contribution in [2.24, 2.45) is 5.92 Å². The van der Waals surface area contributed by atoms with Gasteiger partial charge in [-0.3, -0.25) is 14.5 Å². The van der Waals surface area contributed by atoms with Crippen molar-refractivity contribution in [3.05, 3.63) is 47.5 Å². The van der Waals surface area contributed by atoms with E-state index in [2.05, 4.69) is 17.1 Å². The number of ketones is 2. The topological polar surface area (TPSA) is 58.6 Å². The molecule has 158 valence electrons. The molecule has 1 N–H and O–H groups in total. The van der Waals surface area contributed by atoms with Crippen LogP contribution in [0.1, 0.15) is 60.2 Å². The van der Waals surface area contributed by atoms with Crippen molar-refractivity contribution in [2.45, 2.75) is 51.6 Å². The molecule has 2 unspecified atom stereocenters. The summed E-state index contributed by atoms with van der Waals surface area (Å²) in [5.41, 5.74) is 1.04. The Bertz CT molecular complexity index is 725. The molecule has 3 atom stereocenters. The Labute approximate surface area is 174 Å². The molecule has 2 aliphatic rings. The molecule has 1 saturated heterocycles. The first-order valence-electron chi connectivity index (χ1n) is 10.9. The molecule has 0 radical (unpaired) electrons. The highest BCUT2D eigenvalue weighted by Gasteiger charge is 2.29. The maximum Gasteiger partial charge on any atom is 0.184 e. The van der Waals surface area contributed by atoms with Gasteiger partial charge in [-0.15, -0.1) is 0 Å². The number of benzene rings is 1. The van der Waals surface area contributed by atoms with Crippen molar-refractivity contribution in [3.63, 3.8) is 0 Å². The van der Waals surface area contributed by atoms with E-state index >= 15 is 0 Å². The van der Waals surface area contributed by atoms with Gasteiger partial charge in [-0.25, -0.2) is 0 Å². The van der Waals surface area contributed by atoms with Crippen molar-refractivity contribution in [2.75, 3.05) is 32.8 Å². The molecule has 1 aromatic rings. The zero-order valence-electron chi connectivity index (χ0n) is 17.7. The minimum absolute atomic E-state index is 0.00613. The normalized spacial score (nSPS) is 24.5. The van der Waals surface area contributed by atoms with Gasteiger partial charge in [0.25, 0.3) is 0 Å². The minimum Gasteiger partial charge on any atom is -0.379 e. The highest BCUT2D eigenvalue weighted by molar-refractivity contribution is 6.11. The van der Waals surface area contributed by atoms with Gasteiger partial charge in [0.1, 0.15) is 0 Å². The predicted molar refractivity (Wildman–Crippen MR) is 116 cm³/mol. The Morgan fingerprint density at radius 3 is 2.62 bits per heavy atom. The van der Waals surface area contributed by atoms with Crippen molar-refractivity contribution in [1.82, 2.24) is 10.2 Å². The van der Waals surface area contributed by atoms with Gasteiger partial charge in [0, 0.05) is 30.3 Å². The van der Waals surface area contributed by atoms with E-state index in [4.69, 9.17) is 4.74 Å². The molecule has 1 aliphatic heterocycles. The lowest BCUT2D eigenvalue weighted by Crippen LogP contribution is -2.46. The van der Waals surface area contributed by atoms with Crippen LogP contribution in [0.5, 0.6) is 0 Å². The number of ether oxygens (including phenoxy) is 1. The second kappa shape index (κ2) is 10.8. The summed E-state index contributed by atoms with van der Waals surface area (Å²) in [6.45, 7) is 7.19. The number of nitrogens with zero attached hydrogens (tertiary/aromatic N) is 1. The highest BCUT2D eigenvalue weighted by Crippen LogP contribution is 2.23. The monoisotopic (exact) mass is 398 g/mol. The van der Waals surface area contributed by atoms with Gasteiger partial charge >= 0.3 is 0 Å². The van der Waals surface area contributed by atoms with Crippen LogP contribution >= 0.6 is 0 Å². The predicted octanol–water partition coefficient (Wildman–Crippen LogP) is 3.50. The molecular weight excluding hydrogens is 364 g/mol. The summed E-state index contributed by atoms with van der Waals surface area (Å²) in [4.78, 5) is 28.5. The van der Waals surface area contributed by atoms with Crippen LogP contribution in [0, 0.1) is 5.92 Å². The van der Waals surface area contributed by atoms with Crippen LogP contribution in [0.4, 0.5) is 0 Å². The van der Waals surface area contributed by atoms with Crippen LogP contribution in [0.15, 0.2) is 36.4 Å². The molecule has 0 spiro atoms. The number of carbonyl (C=O) groups is 2. The van der Waals surface area contributed by atoms with Crippen LogP contribution in [0.25, 0.3) is 0 Å². The third-order valence-corrected chi connectivity index (χ3v) is 6.06. The number of carbonyl (C=O) groups excluding carboxylic acids is 2. The van der Waals surface area contributed by atoms with Gasteiger partial charge in [0.05, 0.1) is 25.8 Å². The third kappa shape index (κ3) is 5.84. The van der Waals surface area contributed by atoms with E-state index in [1.165, 1.54) is 12.8 Å². The fraction of sp³-hybridized carbons (Fsp3) is 0.583. The molecule has 0 amide bonds. The number of nitrogens with one attached hydrogen (secondary N) is 1. The van der Waals surface area contributed by atoms with Crippen molar-refractivity contribution >= 4 is 11.6 Å². The molecule has 3 rings (SSSR count). The van der Waals surface area contributed by atoms with Gasteiger partial charge in [-0.2, -0.15) is 0 Å². The Hall–Kier alpha value is -1.82. The number of morpholine rings is 1. The van der Waals surface area contributed by atoms with E-state index in [1.54, 1.807) is 12.1 Å². The molecular formula is C24H34N2O3. The van der Waals surface area contributed by atoms with Crippen LogP contribution < -0.4 is 5.32 Å².